The van der Waals surface area contributed by atoms with Gasteiger partial charge in [-0.1, -0.05) is 17.7 Å². The highest BCUT2D eigenvalue weighted by Crippen LogP contribution is 2.35. The molecule has 0 radical (unpaired) electrons. The number of aromatic nitrogens is 1. The molecule has 0 aliphatic rings. The number of carbonyl (C=O) groups excluding carboxylic acids is 1. The van der Waals surface area contributed by atoms with E-state index < -0.39 is 0 Å². The highest BCUT2D eigenvalue weighted by Gasteiger charge is 2.20. The minimum atomic E-state index is -0.314. The van der Waals surface area contributed by atoms with Gasteiger partial charge in [-0.3, -0.25) is 4.79 Å². The molecular formula is C19H16N2O3. The molecule has 3 aromatic rings. The van der Waals surface area contributed by atoms with E-state index in [1.54, 1.807) is 13.8 Å². The number of allylic oxidation sites excluding steroid dienone is 1. The van der Waals surface area contributed by atoms with Gasteiger partial charge in [-0.25, -0.2) is 0 Å². The highest BCUT2D eigenvalue weighted by molar-refractivity contribution is 6.11. The number of hydrogen-bond donors (Lipinski definition) is 1. The fourth-order valence-corrected chi connectivity index (χ4v) is 2.44. The van der Waals surface area contributed by atoms with Gasteiger partial charge in [0.2, 0.25) is 0 Å². The largest absolute Gasteiger partial charge is 0.454 e. The van der Waals surface area contributed by atoms with Crippen LogP contribution in [-0.2, 0) is 0 Å². The topological polar surface area (TPSA) is 68.3 Å². The second-order valence-corrected chi connectivity index (χ2v) is 5.42. The smallest absolute Gasteiger partial charge is 0.261 e. The van der Waals surface area contributed by atoms with Gasteiger partial charge in [-0.05, 0) is 44.5 Å². The minimum Gasteiger partial charge on any atom is -0.454 e. The number of furan rings is 1. The maximum atomic E-state index is 12.5. The van der Waals surface area contributed by atoms with Crippen molar-refractivity contribution >= 4 is 28.1 Å². The lowest BCUT2D eigenvalue weighted by Gasteiger charge is -2.05. The van der Waals surface area contributed by atoms with Crippen molar-refractivity contribution < 1.29 is 13.7 Å². The Morgan fingerprint density at radius 1 is 1.38 bits per heavy atom. The van der Waals surface area contributed by atoms with Crippen LogP contribution in [0.15, 0.2) is 39.9 Å². The lowest BCUT2D eigenvalue weighted by molar-refractivity contribution is 0.102. The van der Waals surface area contributed by atoms with E-state index in [0.29, 0.717) is 33.9 Å². The van der Waals surface area contributed by atoms with E-state index in [-0.39, 0.29) is 5.91 Å². The summed E-state index contributed by atoms with van der Waals surface area (Å²) in [6.07, 6.45) is 1.39. The van der Waals surface area contributed by atoms with Crippen LogP contribution in [0.5, 0.6) is 0 Å². The number of aryl methyl sites for hydroxylation is 1. The number of benzene rings is 1. The summed E-state index contributed by atoms with van der Waals surface area (Å²) < 4.78 is 10.8. The molecule has 0 unspecified atom stereocenters. The number of rotatable bonds is 3. The van der Waals surface area contributed by atoms with Crippen LogP contribution in [0.3, 0.4) is 0 Å². The first-order valence-electron chi connectivity index (χ1n) is 7.39. The van der Waals surface area contributed by atoms with E-state index in [1.165, 1.54) is 6.20 Å². The summed E-state index contributed by atoms with van der Waals surface area (Å²) in [4.78, 5) is 12.5. The average Bonchev–Trinajstić information content (AvgIpc) is 3.12. The van der Waals surface area contributed by atoms with E-state index in [0.717, 1.165) is 10.9 Å². The van der Waals surface area contributed by atoms with Crippen LogP contribution in [0, 0.1) is 18.8 Å². The van der Waals surface area contributed by atoms with Crippen LogP contribution in [0.4, 0.5) is 5.69 Å². The van der Waals surface area contributed by atoms with E-state index in [2.05, 4.69) is 28.9 Å². The molecule has 0 saturated carbocycles. The van der Waals surface area contributed by atoms with E-state index in [1.807, 2.05) is 25.1 Å². The number of amides is 1. The third kappa shape index (κ3) is 2.70. The van der Waals surface area contributed by atoms with E-state index >= 15 is 0 Å². The predicted octanol–water partition coefficient (Wildman–Crippen LogP) is 4.39. The van der Waals surface area contributed by atoms with Gasteiger partial charge in [0.25, 0.3) is 5.91 Å². The summed E-state index contributed by atoms with van der Waals surface area (Å²) in [6, 6.07) is 5.60. The number of carbonyl (C=O) groups is 1. The Labute approximate surface area is 139 Å². The lowest BCUT2D eigenvalue weighted by atomic mass is 10.1. The maximum Gasteiger partial charge on any atom is 0.261 e. The third-order valence-electron chi connectivity index (χ3n) is 3.58. The summed E-state index contributed by atoms with van der Waals surface area (Å²) in [5.41, 5.74) is 3.17. The number of nitrogens with one attached hydrogen (secondary N) is 1. The van der Waals surface area contributed by atoms with Gasteiger partial charge < -0.3 is 14.3 Å². The van der Waals surface area contributed by atoms with Crippen molar-refractivity contribution in [3.63, 3.8) is 0 Å². The zero-order chi connectivity index (χ0) is 17.3. The Kier molecular flexibility index (Phi) is 3.97. The number of fused-ring (bicyclic) bond motifs is 1. The van der Waals surface area contributed by atoms with Crippen LogP contribution in [-0.4, -0.2) is 11.1 Å². The Balaban J connectivity index is 2.12. The quantitative estimate of drug-likeness (QED) is 0.727. The summed E-state index contributed by atoms with van der Waals surface area (Å²) in [5.74, 6) is 6.54. The molecule has 1 amide bonds. The molecule has 0 bridgehead atoms. The van der Waals surface area contributed by atoms with Gasteiger partial charge in [0, 0.05) is 10.9 Å². The highest BCUT2D eigenvalue weighted by atomic mass is 16.5. The first-order valence-corrected chi connectivity index (χ1v) is 7.39. The van der Waals surface area contributed by atoms with Crippen LogP contribution in [0.1, 0.15) is 41.3 Å². The van der Waals surface area contributed by atoms with Crippen LogP contribution in [0.2, 0.25) is 0 Å². The molecule has 5 nitrogen and oxygen atoms in total. The number of nitrogens with zero attached hydrogens (tertiary/aromatic N) is 1. The molecule has 1 N–H and O–H groups in total. The fraction of sp³-hybridized carbons (Fsp3) is 0.158. The first kappa shape index (κ1) is 15.6. The molecule has 0 aliphatic carbocycles. The molecule has 24 heavy (non-hydrogen) atoms. The van der Waals surface area contributed by atoms with Crippen molar-refractivity contribution in [1.29, 1.82) is 0 Å². The van der Waals surface area contributed by atoms with Gasteiger partial charge in [0.05, 0.1) is 11.9 Å². The van der Waals surface area contributed by atoms with Crippen molar-refractivity contribution in [3.05, 3.63) is 53.6 Å². The molecule has 0 fully saturated rings. The van der Waals surface area contributed by atoms with Gasteiger partial charge in [0.15, 0.2) is 5.76 Å². The zero-order valence-electron chi connectivity index (χ0n) is 13.7. The van der Waals surface area contributed by atoms with Gasteiger partial charge in [0.1, 0.15) is 16.9 Å². The molecule has 0 spiro atoms. The minimum absolute atomic E-state index is 0.314. The Hall–Kier alpha value is -3.26. The van der Waals surface area contributed by atoms with Crippen molar-refractivity contribution in [2.75, 3.05) is 5.32 Å². The van der Waals surface area contributed by atoms with Crippen LogP contribution in [0.25, 0.3) is 16.5 Å². The Bertz CT molecular complexity index is 1010. The van der Waals surface area contributed by atoms with E-state index in [9.17, 15) is 4.79 Å². The molecular weight excluding hydrogens is 304 g/mol. The van der Waals surface area contributed by atoms with Crippen molar-refractivity contribution in [2.24, 2.45) is 0 Å². The number of anilines is 1. The van der Waals surface area contributed by atoms with Crippen LogP contribution < -0.4 is 5.32 Å². The van der Waals surface area contributed by atoms with Crippen molar-refractivity contribution in [2.45, 2.75) is 20.8 Å². The van der Waals surface area contributed by atoms with Crippen molar-refractivity contribution in [3.8, 4) is 11.8 Å². The lowest BCUT2D eigenvalue weighted by Crippen LogP contribution is -2.12. The maximum absolute atomic E-state index is 12.5. The fourth-order valence-electron chi connectivity index (χ4n) is 2.44. The molecule has 0 saturated heterocycles. The van der Waals surface area contributed by atoms with Gasteiger partial charge in [-0.15, -0.1) is 5.92 Å². The molecule has 0 atom stereocenters. The molecule has 0 aliphatic heterocycles. The first-order chi connectivity index (χ1) is 11.5. The standard InChI is InChI=1S/C19H16N2O3/c1-5-6-13-7-8-16-14(9-13)17(18(23-16)11(2)3)21-19(22)15-10-20-24-12(15)4/h7-10H,2H2,1,3-4H3,(H,21,22). The molecule has 2 heterocycles. The summed E-state index contributed by atoms with van der Waals surface area (Å²) in [6.45, 7) is 9.21. The summed E-state index contributed by atoms with van der Waals surface area (Å²) in [7, 11) is 0. The molecule has 120 valence electrons. The monoisotopic (exact) mass is 320 g/mol. The Morgan fingerprint density at radius 3 is 2.79 bits per heavy atom. The molecule has 2 aromatic heterocycles. The molecule has 1 aromatic carbocycles. The normalized spacial score (nSPS) is 10.3. The average molecular weight is 320 g/mol. The van der Waals surface area contributed by atoms with Crippen LogP contribution >= 0.6 is 0 Å². The summed E-state index contributed by atoms with van der Waals surface area (Å²) >= 11 is 0. The second-order valence-electron chi connectivity index (χ2n) is 5.42. The van der Waals surface area contributed by atoms with Gasteiger partial charge in [-0.2, -0.15) is 0 Å². The van der Waals surface area contributed by atoms with Gasteiger partial charge >= 0.3 is 0 Å². The number of hydrogen-bond acceptors (Lipinski definition) is 4. The SMILES string of the molecule is C=C(C)c1oc2ccc(C#CC)cc2c1NC(=O)c1cnoc1C. The molecule has 5 heteroatoms. The third-order valence-corrected chi connectivity index (χ3v) is 3.58. The molecule has 3 rings (SSSR count). The van der Waals surface area contributed by atoms with Crippen molar-refractivity contribution in [1.82, 2.24) is 5.16 Å². The predicted molar refractivity (Wildman–Crippen MR) is 92.7 cm³/mol. The summed E-state index contributed by atoms with van der Waals surface area (Å²) in [5, 5.41) is 7.29. The zero-order valence-corrected chi connectivity index (χ0v) is 13.7. The Morgan fingerprint density at radius 2 is 2.17 bits per heavy atom. The van der Waals surface area contributed by atoms with E-state index in [4.69, 9.17) is 8.94 Å². The second kappa shape index (κ2) is 6.09.